The lowest BCUT2D eigenvalue weighted by atomic mass is 10.0. The Morgan fingerprint density at radius 1 is 0.517 bits per heavy atom. The summed E-state index contributed by atoms with van der Waals surface area (Å²) in [6.07, 6.45) is 0. The van der Waals surface area contributed by atoms with Crippen molar-refractivity contribution in [2.45, 2.75) is 19.6 Å². The van der Waals surface area contributed by atoms with Crippen LogP contribution >= 0.6 is 23.5 Å². The molecule has 0 atom stereocenters. The van der Waals surface area contributed by atoms with Crippen molar-refractivity contribution in [3.05, 3.63) is 120 Å². The maximum Gasteiger partial charge on any atom is 0.193 e. The van der Waals surface area contributed by atoms with E-state index in [1.165, 1.54) is 12.1 Å². The van der Waals surface area contributed by atoms with Crippen LogP contribution in [0.4, 0.5) is 4.39 Å². The first-order valence-corrected chi connectivity index (χ1v) is 10.7. The highest BCUT2D eigenvalue weighted by Gasteiger charge is 2.08. The van der Waals surface area contributed by atoms with Gasteiger partial charge in [0.25, 0.3) is 0 Å². The molecule has 0 aromatic heterocycles. The fourth-order valence-electron chi connectivity index (χ4n) is 2.78. The van der Waals surface area contributed by atoms with E-state index in [9.17, 15) is 9.18 Å². The van der Waals surface area contributed by atoms with E-state index in [1.54, 1.807) is 35.7 Å². The van der Waals surface area contributed by atoms with Gasteiger partial charge in [0, 0.05) is 30.7 Å². The van der Waals surface area contributed by atoms with Gasteiger partial charge >= 0.3 is 0 Å². The third kappa shape index (κ3) is 5.17. The highest BCUT2D eigenvalue weighted by atomic mass is 32.2. The molecule has 1 nitrogen and oxygen atoms in total. The number of hydrogen-bond donors (Lipinski definition) is 0. The van der Waals surface area contributed by atoms with Crippen LogP contribution in [0.2, 0.25) is 0 Å². The summed E-state index contributed by atoms with van der Waals surface area (Å²) in [5.41, 5.74) is 1.38. The van der Waals surface area contributed by atoms with Gasteiger partial charge in [-0.1, -0.05) is 53.9 Å². The molecule has 0 fully saturated rings. The fourth-order valence-corrected chi connectivity index (χ4v) is 4.41. The van der Waals surface area contributed by atoms with Crippen molar-refractivity contribution in [3.63, 3.8) is 0 Å². The zero-order valence-corrected chi connectivity index (χ0v) is 17.1. The SMILES string of the molecule is O=C(c1ccccc1)c1ccc(Sc2ccc(Sc3ccc(F)cc3)cc2)cc1. The Morgan fingerprint density at radius 2 is 0.897 bits per heavy atom. The van der Waals surface area contributed by atoms with Gasteiger partial charge in [-0.05, 0) is 72.8 Å². The molecule has 0 unspecified atom stereocenters. The molecule has 0 saturated carbocycles. The monoisotopic (exact) mass is 416 g/mol. The first-order valence-electron chi connectivity index (χ1n) is 9.08. The highest BCUT2D eigenvalue weighted by molar-refractivity contribution is 7.99. The Morgan fingerprint density at radius 3 is 1.38 bits per heavy atom. The number of benzene rings is 4. The molecule has 0 aliphatic carbocycles. The van der Waals surface area contributed by atoms with Crippen molar-refractivity contribution in [2.75, 3.05) is 0 Å². The minimum Gasteiger partial charge on any atom is -0.289 e. The predicted molar refractivity (Wildman–Crippen MR) is 117 cm³/mol. The van der Waals surface area contributed by atoms with Crippen LogP contribution in [0.25, 0.3) is 0 Å². The number of carbonyl (C=O) groups is 1. The molecule has 0 bridgehead atoms. The largest absolute Gasteiger partial charge is 0.289 e. The lowest BCUT2D eigenvalue weighted by Gasteiger charge is -2.06. The minimum absolute atomic E-state index is 0.0318. The number of carbonyl (C=O) groups excluding carboxylic acids is 1. The summed E-state index contributed by atoms with van der Waals surface area (Å²) < 4.78 is 13.0. The van der Waals surface area contributed by atoms with E-state index in [2.05, 4.69) is 24.3 Å². The highest BCUT2D eigenvalue weighted by Crippen LogP contribution is 2.32. The summed E-state index contributed by atoms with van der Waals surface area (Å²) in [6.45, 7) is 0. The van der Waals surface area contributed by atoms with Gasteiger partial charge in [0.2, 0.25) is 0 Å². The molecule has 0 amide bonds. The summed E-state index contributed by atoms with van der Waals surface area (Å²) in [5.74, 6) is -0.193. The molecule has 0 aliphatic rings. The van der Waals surface area contributed by atoms with E-state index in [-0.39, 0.29) is 11.6 Å². The van der Waals surface area contributed by atoms with E-state index >= 15 is 0 Å². The molecule has 0 N–H and O–H groups in total. The van der Waals surface area contributed by atoms with E-state index in [1.807, 2.05) is 54.6 Å². The van der Waals surface area contributed by atoms with Crippen molar-refractivity contribution >= 4 is 29.3 Å². The second-order valence-corrected chi connectivity index (χ2v) is 8.64. The average Bonchev–Trinajstić information content (AvgIpc) is 2.77. The van der Waals surface area contributed by atoms with Crippen molar-refractivity contribution in [1.29, 1.82) is 0 Å². The summed E-state index contributed by atoms with van der Waals surface area (Å²) in [4.78, 5) is 16.8. The Balaban J connectivity index is 1.40. The molecule has 0 aliphatic heterocycles. The standard InChI is InChI=1S/C25H17FOS2/c26-20-8-12-22(13-9-20)29-24-16-14-23(15-17-24)28-21-10-6-19(7-11-21)25(27)18-4-2-1-3-5-18/h1-17H. The maximum absolute atomic E-state index is 13.0. The van der Waals surface area contributed by atoms with Crippen LogP contribution in [0.15, 0.2) is 123 Å². The van der Waals surface area contributed by atoms with Gasteiger partial charge in [-0.3, -0.25) is 4.79 Å². The van der Waals surface area contributed by atoms with Gasteiger partial charge < -0.3 is 0 Å². The molecule has 4 aromatic rings. The van der Waals surface area contributed by atoms with Crippen molar-refractivity contribution in [3.8, 4) is 0 Å². The lowest BCUT2D eigenvalue weighted by molar-refractivity contribution is 0.103. The molecule has 0 heterocycles. The normalized spacial score (nSPS) is 10.7. The van der Waals surface area contributed by atoms with Gasteiger partial charge in [-0.15, -0.1) is 0 Å². The molecule has 29 heavy (non-hydrogen) atoms. The van der Waals surface area contributed by atoms with Crippen molar-refractivity contribution in [1.82, 2.24) is 0 Å². The molecule has 4 aromatic carbocycles. The Bertz CT molecular complexity index is 1090. The number of halogens is 1. The second kappa shape index (κ2) is 9.12. The van der Waals surface area contributed by atoms with Crippen molar-refractivity contribution < 1.29 is 9.18 Å². The van der Waals surface area contributed by atoms with E-state index in [0.717, 1.165) is 19.6 Å². The van der Waals surface area contributed by atoms with Gasteiger partial charge in [0.15, 0.2) is 5.78 Å². The lowest BCUT2D eigenvalue weighted by Crippen LogP contribution is -2.00. The summed E-state index contributed by atoms with van der Waals surface area (Å²) >= 11 is 3.25. The van der Waals surface area contributed by atoms with Gasteiger partial charge in [-0.2, -0.15) is 0 Å². The maximum atomic E-state index is 13.0. The van der Waals surface area contributed by atoms with Crippen LogP contribution in [0.3, 0.4) is 0 Å². The molecule has 142 valence electrons. The van der Waals surface area contributed by atoms with Crippen LogP contribution in [-0.2, 0) is 0 Å². The summed E-state index contributed by atoms with van der Waals surface area (Å²) in [5, 5.41) is 0. The van der Waals surface area contributed by atoms with Gasteiger partial charge in [-0.25, -0.2) is 4.39 Å². The molecular formula is C25H17FOS2. The van der Waals surface area contributed by atoms with Crippen LogP contribution in [0.5, 0.6) is 0 Å². The average molecular weight is 417 g/mol. The number of rotatable bonds is 6. The minimum atomic E-state index is -0.224. The molecule has 0 spiro atoms. The molecule has 4 rings (SSSR count). The van der Waals surface area contributed by atoms with Crippen LogP contribution in [0.1, 0.15) is 15.9 Å². The fraction of sp³-hybridized carbons (Fsp3) is 0. The van der Waals surface area contributed by atoms with Crippen LogP contribution < -0.4 is 0 Å². The number of ketones is 1. The first kappa shape index (κ1) is 19.5. The molecule has 0 radical (unpaired) electrons. The van der Waals surface area contributed by atoms with Gasteiger partial charge in [0.1, 0.15) is 5.82 Å². The van der Waals surface area contributed by atoms with Crippen LogP contribution in [0, 0.1) is 5.82 Å². The molecular weight excluding hydrogens is 399 g/mol. The third-order valence-corrected chi connectivity index (χ3v) is 6.29. The Labute approximate surface area is 178 Å². The Kier molecular flexibility index (Phi) is 6.13. The topological polar surface area (TPSA) is 17.1 Å². The van der Waals surface area contributed by atoms with E-state index in [0.29, 0.717) is 11.1 Å². The smallest absolute Gasteiger partial charge is 0.193 e. The second-order valence-electron chi connectivity index (χ2n) is 6.35. The summed E-state index contributed by atoms with van der Waals surface area (Å²) in [7, 11) is 0. The van der Waals surface area contributed by atoms with E-state index in [4.69, 9.17) is 0 Å². The molecule has 0 saturated heterocycles. The quantitative estimate of drug-likeness (QED) is 0.306. The zero-order chi connectivity index (χ0) is 20.1. The zero-order valence-electron chi connectivity index (χ0n) is 15.4. The molecule has 4 heteroatoms. The Hall–Kier alpha value is -2.82. The van der Waals surface area contributed by atoms with Crippen LogP contribution in [-0.4, -0.2) is 5.78 Å². The van der Waals surface area contributed by atoms with Crippen molar-refractivity contribution in [2.24, 2.45) is 0 Å². The number of hydrogen-bond acceptors (Lipinski definition) is 3. The van der Waals surface area contributed by atoms with E-state index < -0.39 is 0 Å². The third-order valence-electron chi connectivity index (χ3n) is 4.26. The first-order chi connectivity index (χ1) is 14.2. The predicted octanol–water partition coefficient (Wildman–Crippen LogP) is 7.36. The van der Waals surface area contributed by atoms with Gasteiger partial charge in [0.05, 0.1) is 0 Å². The summed E-state index contributed by atoms with van der Waals surface area (Å²) in [6, 6.07) is 31.8.